The van der Waals surface area contributed by atoms with Crippen LogP contribution in [-0.4, -0.2) is 0 Å². The molecule has 0 amide bonds. The Bertz CT molecular complexity index is 3060. The van der Waals surface area contributed by atoms with Crippen LogP contribution in [0.3, 0.4) is 0 Å². The molecule has 0 saturated heterocycles. The Hall–Kier alpha value is -6.38. The van der Waals surface area contributed by atoms with E-state index in [-0.39, 0.29) is 0 Å². The molecule has 48 heavy (non-hydrogen) atoms. The molecule has 0 atom stereocenters. The fourth-order valence-electron chi connectivity index (χ4n) is 8.13. The van der Waals surface area contributed by atoms with E-state index in [1.807, 2.05) is 6.07 Å². The van der Waals surface area contributed by atoms with Gasteiger partial charge in [-0.1, -0.05) is 133 Å². The summed E-state index contributed by atoms with van der Waals surface area (Å²) in [4.78, 5) is 0. The average Bonchev–Trinajstić information content (AvgIpc) is 3.71. The lowest BCUT2D eigenvalue weighted by Gasteiger charge is -2.18. The molecule has 0 N–H and O–H groups in total. The van der Waals surface area contributed by atoms with E-state index in [1.54, 1.807) is 0 Å². The van der Waals surface area contributed by atoms with Crippen LogP contribution < -0.4 is 0 Å². The van der Waals surface area contributed by atoms with Crippen molar-refractivity contribution in [3.8, 4) is 22.3 Å². The molecule has 222 valence electrons. The highest BCUT2D eigenvalue weighted by molar-refractivity contribution is 6.32. The zero-order valence-corrected chi connectivity index (χ0v) is 25.8. The summed E-state index contributed by atoms with van der Waals surface area (Å²) in [6, 6.07) is 56.5. The monoisotopic (exact) mass is 610 g/mol. The first-order valence-electron chi connectivity index (χ1n) is 16.4. The predicted molar refractivity (Wildman–Crippen MR) is 202 cm³/mol. The van der Waals surface area contributed by atoms with Gasteiger partial charge in [0.2, 0.25) is 0 Å². The van der Waals surface area contributed by atoms with Gasteiger partial charge in [0.05, 0.1) is 0 Å². The summed E-state index contributed by atoms with van der Waals surface area (Å²) in [7, 11) is 0. The third-order valence-electron chi connectivity index (χ3n) is 10.2. The molecular formula is C46H26O2. The van der Waals surface area contributed by atoms with E-state index in [9.17, 15) is 0 Å². The van der Waals surface area contributed by atoms with E-state index in [4.69, 9.17) is 8.83 Å². The molecule has 2 aromatic heterocycles. The standard InChI is InChI=1S/C46H26O2/c1-2-13-29-25-30(22-21-27(29)11-1)41-32-15-5-7-17-34(32)42(35-18-8-6-16-33(35)41)44-43-37-19-9-10-20-39(37)47-40(43)26-38-36-24-23-28-12-3-4-14-31(28)45(36)48-46(38)44/h1-26H. The van der Waals surface area contributed by atoms with Gasteiger partial charge in [0.15, 0.2) is 0 Å². The van der Waals surface area contributed by atoms with E-state index in [0.29, 0.717) is 0 Å². The molecule has 0 saturated carbocycles. The Labute approximate surface area is 275 Å². The second kappa shape index (κ2) is 9.57. The van der Waals surface area contributed by atoms with Crippen molar-refractivity contribution in [2.75, 3.05) is 0 Å². The largest absolute Gasteiger partial charge is 0.456 e. The van der Waals surface area contributed by atoms with Gasteiger partial charge in [0.25, 0.3) is 0 Å². The highest BCUT2D eigenvalue weighted by Gasteiger charge is 2.25. The van der Waals surface area contributed by atoms with Crippen molar-refractivity contribution in [1.29, 1.82) is 0 Å². The lowest BCUT2D eigenvalue weighted by Crippen LogP contribution is -1.92. The lowest BCUT2D eigenvalue weighted by atomic mass is 9.84. The Morgan fingerprint density at radius 2 is 0.875 bits per heavy atom. The van der Waals surface area contributed by atoms with Crippen LogP contribution in [0.5, 0.6) is 0 Å². The number of para-hydroxylation sites is 1. The molecule has 0 aliphatic rings. The van der Waals surface area contributed by atoms with Gasteiger partial charge in [0.1, 0.15) is 22.3 Å². The molecule has 2 nitrogen and oxygen atoms in total. The maximum atomic E-state index is 7.10. The van der Waals surface area contributed by atoms with E-state index < -0.39 is 0 Å². The number of hydrogen-bond acceptors (Lipinski definition) is 2. The molecule has 11 aromatic rings. The van der Waals surface area contributed by atoms with Crippen molar-refractivity contribution in [3.63, 3.8) is 0 Å². The molecule has 0 fully saturated rings. The summed E-state index contributed by atoms with van der Waals surface area (Å²) in [6.45, 7) is 0. The third kappa shape index (κ3) is 3.46. The second-order valence-electron chi connectivity index (χ2n) is 12.8. The smallest absolute Gasteiger partial charge is 0.144 e. The summed E-state index contributed by atoms with van der Waals surface area (Å²) in [5.41, 5.74) is 8.21. The summed E-state index contributed by atoms with van der Waals surface area (Å²) in [5, 5.41) is 13.8. The molecule has 0 bridgehead atoms. The maximum Gasteiger partial charge on any atom is 0.144 e. The first-order valence-corrected chi connectivity index (χ1v) is 16.4. The van der Waals surface area contributed by atoms with Crippen molar-refractivity contribution in [2.24, 2.45) is 0 Å². The fourth-order valence-corrected chi connectivity index (χ4v) is 8.13. The van der Waals surface area contributed by atoms with E-state index in [1.165, 1.54) is 43.4 Å². The third-order valence-corrected chi connectivity index (χ3v) is 10.2. The molecule has 9 aromatic carbocycles. The van der Waals surface area contributed by atoms with Gasteiger partial charge in [-0.2, -0.15) is 0 Å². The molecule has 0 aliphatic heterocycles. The number of fused-ring (bicyclic) bond motifs is 11. The van der Waals surface area contributed by atoms with Crippen molar-refractivity contribution in [2.45, 2.75) is 0 Å². The molecule has 0 unspecified atom stereocenters. The molecule has 0 radical (unpaired) electrons. The summed E-state index contributed by atoms with van der Waals surface area (Å²) in [5.74, 6) is 0. The van der Waals surface area contributed by atoms with Gasteiger partial charge >= 0.3 is 0 Å². The van der Waals surface area contributed by atoms with Gasteiger partial charge < -0.3 is 8.83 Å². The van der Waals surface area contributed by atoms with Crippen molar-refractivity contribution in [3.05, 3.63) is 158 Å². The SMILES string of the molecule is c1ccc2cc(-c3c4ccccc4c(-c4c5oc6c7ccccc7ccc6c5cc5oc6ccccc6c45)c4ccccc34)ccc2c1. The molecular weight excluding hydrogens is 585 g/mol. The summed E-state index contributed by atoms with van der Waals surface area (Å²) in [6.07, 6.45) is 0. The van der Waals surface area contributed by atoms with Crippen LogP contribution >= 0.6 is 0 Å². The van der Waals surface area contributed by atoms with Crippen LogP contribution in [0.4, 0.5) is 0 Å². The topological polar surface area (TPSA) is 26.3 Å². The van der Waals surface area contributed by atoms with Crippen LogP contribution in [-0.2, 0) is 0 Å². The summed E-state index contributed by atoms with van der Waals surface area (Å²) >= 11 is 0. The Kier molecular flexibility index (Phi) is 5.14. The van der Waals surface area contributed by atoms with Gasteiger partial charge in [0, 0.05) is 38.1 Å². The molecule has 0 aliphatic carbocycles. The van der Waals surface area contributed by atoms with Gasteiger partial charge in [-0.3, -0.25) is 0 Å². The minimum atomic E-state index is 0.862. The fraction of sp³-hybridized carbons (Fsp3) is 0. The van der Waals surface area contributed by atoms with Crippen LogP contribution in [0.25, 0.3) is 109 Å². The average molecular weight is 611 g/mol. The first-order chi connectivity index (χ1) is 23.8. The van der Waals surface area contributed by atoms with E-state index >= 15 is 0 Å². The van der Waals surface area contributed by atoms with E-state index in [2.05, 4.69) is 152 Å². The first kappa shape index (κ1) is 25.8. The highest BCUT2D eigenvalue weighted by Crippen LogP contribution is 2.51. The van der Waals surface area contributed by atoms with Gasteiger partial charge in [-0.15, -0.1) is 0 Å². The van der Waals surface area contributed by atoms with Gasteiger partial charge in [-0.25, -0.2) is 0 Å². The maximum absolute atomic E-state index is 7.10. The minimum absolute atomic E-state index is 0.862. The highest BCUT2D eigenvalue weighted by atomic mass is 16.3. The Morgan fingerprint density at radius 1 is 0.292 bits per heavy atom. The van der Waals surface area contributed by atoms with Crippen LogP contribution in [0.1, 0.15) is 0 Å². The molecule has 2 heteroatoms. The van der Waals surface area contributed by atoms with Crippen LogP contribution in [0.2, 0.25) is 0 Å². The second-order valence-corrected chi connectivity index (χ2v) is 12.8. The number of benzene rings is 9. The minimum Gasteiger partial charge on any atom is -0.456 e. The normalized spacial score (nSPS) is 12.2. The lowest BCUT2D eigenvalue weighted by molar-refractivity contribution is 0.666. The van der Waals surface area contributed by atoms with Crippen molar-refractivity contribution < 1.29 is 8.83 Å². The van der Waals surface area contributed by atoms with Gasteiger partial charge in [-0.05, 0) is 73.1 Å². The predicted octanol–water partition coefficient (Wildman–Crippen LogP) is 13.4. The zero-order chi connectivity index (χ0) is 31.3. The van der Waals surface area contributed by atoms with Crippen LogP contribution in [0.15, 0.2) is 167 Å². The Balaban J connectivity index is 1.37. The summed E-state index contributed by atoms with van der Waals surface area (Å²) < 4.78 is 13.7. The quantitative estimate of drug-likeness (QED) is 0.182. The number of hydrogen-bond donors (Lipinski definition) is 0. The van der Waals surface area contributed by atoms with E-state index in [0.717, 1.165) is 65.8 Å². The number of rotatable bonds is 2. The molecule has 11 rings (SSSR count). The molecule has 0 spiro atoms. The van der Waals surface area contributed by atoms with Crippen molar-refractivity contribution in [1.82, 2.24) is 0 Å². The molecule has 2 heterocycles. The Morgan fingerprint density at radius 3 is 1.62 bits per heavy atom. The number of furan rings is 2. The van der Waals surface area contributed by atoms with Crippen LogP contribution in [0, 0.1) is 0 Å². The van der Waals surface area contributed by atoms with Crippen molar-refractivity contribution >= 4 is 87.0 Å². The zero-order valence-electron chi connectivity index (χ0n) is 25.8.